The molecule has 0 radical (unpaired) electrons. The minimum absolute atomic E-state index is 0.103. The summed E-state index contributed by atoms with van der Waals surface area (Å²) >= 11 is 2.22. The number of carbonyl (C=O) groups excluding carboxylic acids is 1. The smallest absolute Gasteiger partial charge is 0.255 e. The minimum atomic E-state index is 0.103. The Labute approximate surface area is 172 Å². The van der Waals surface area contributed by atoms with Crippen molar-refractivity contribution in [3.05, 3.63) is 69.8 Å². The van der Waals surface area contributed by atoms with Crippen LogP contribution < -0.4 is 4.90 Å². The maximum Gasteiger partial charge on any atom is 0.255 e. The first kappa shape index (κ1) is 18.0. The number of nitrogens with zero attached hydrogens (tertiary/aromatic N) is 5. The van der Waals surface area contributed by atoms with E-state index in [1.54, 1.807) is 0 Å². The van der Waals surface area contributed by atoms with Gasteiger partial charge in [0.15, 0.2) is 0 Å². The largest absolute Gasteiger partial charge is 0.353 e. The summed E-state index contributed by atoms with van der Waals surface area (Å²) in [6.07, 6.45) is 3.95. The highest BCUT2D eigenvalue weighted by molar-refractivity contribution is 14.1. The van der Waals surface area contributed by atoms with Gasteiger partial charge in [0.2, 0.25) is 0 Å². The molecule has 0 atom stereocenters. The van der Waals surface area contributed by atoms with Gasteiger partial charge in [-0.1, -0.05) is 12.1 Å². The third kappa shape index (κ3) is 3.83. The number of anilines is 1. The molecule has 0 saturated carbocycles. The van der Waals surface area contributed by atoms with Gasteiger partial charge in [0.25, 0.3) is 5.91 Å². The summed E-state index contributed by atoms with van der Waals surface area (Å²) in [7, 11) is 0. The van der Waals surface area contributed by atoms with Crippen molar-refractivity contribution in [1.29, 1.82) is 0 Å². The first-order chi connectivity index (χ1) is 13.1. The van der Waals surface area contributed by atoms with Crippen molar-refractivity contribution in [3.63, 3.8) is 0 Å². The van der Waals surface area contributed by atoms with Crippen LogP contribution in [0.25, 0.3) is 5.82 Å². The zero-order valence-electron chi connectivity index (χ0n) is 15.0. The Morgan fingerprint density at radius 3 is 2.33 bits per heavy atom. The van der Waals surface area contributed by atoms with Gasteiger partial charge in [-0.25, -0.2) is 9.97 Å². The molecule has 1 saturated heterocycles. The number of benzene rings is 1. The lowest BCUT2D eigenvalue weighted by Crippen LogP contribution is -2.49. The van der Waals surface area contributed by atoms with Gasteiger partial charge in [0.1, 0.15) is 17.5 Å². The quantitative estimate of drug-likeness (QED) is 0.549. The van der Waals surface area contributed by atoms with E-state index in [1.165, 1.54) is 0 Å². The van der Waals surface area contributed by atoms with Gasteiger partial charge in [0, 0.05) is 48.2 Å². The summed E-state index contributed by atoms with van der Waals surface area (Å²) in [5.41, 5.74) is 0.777. The van der Waals surface area contributed by atoms with Crippen LogP contribution in [0.1, 0.15) is 16.2 Å². The normalized spacial score (nSPS) is 14.4. The molecule has 1 fully saturated rings. The predicted octanol–water partition coefficient (Wildman–Crippen LogP) is 3.14. The number of piperazine rings is 1. The van der Waals surface area contributed by atoms with Gasteiger partial charge in [-0.2, -0.15) is 0 Å². The summed E-state index contributed by atoms with van der Waals surface area (Å²) in [6, 6.07) is 13.7. The first-order valence-electron chi connectivity index (χ1n) is 8.89. The molecule has 7 heteroatoms. The van der Waals surface area contributed by atoms with Crippen molar-refractivity contribution in [3.8, 4) is 5.82 Å². The highest BCUT2D eigenvalue weighted by atomic mass is 127. The number of aromatic nitrogens is 3. The highest BCUT2D eigenvalue weighted by Gasteiger charge is 2.24. The van der Waals surface area contributed by atoms with Gasteiger partial charge in [0.05, 0.1) is 5.56 Å². The lowest BCUT2D eigenvalue weighted by Gasteiger charge is -2.35. The Hall–Kier alpha value is -2.42. The lowest BCUT2D eigenvalue weighted by molar-refractivity contribution is 0.0745. The van der Waals surface area contributed by atoms with Crippen LogP contribution >= 0.6 is 22.6 Å². The van der Waals surface area contributed by atoms with Gasteiger partial charge >= 0.3 is 0 Å². The van der Waals surface area contributed by atoms with Gasteiger partial charge in [-0.3, -0.25) is 4.79 Å². The molecule has 1 amide bonds. The Kier molecular flexibility index (Phi) is 5.11. The van der Waals surface area contributed by atoms with Crippen molar-refractivity contribution < 1.29 is 4.79 Å². The molecule has 0 spiro atoms. The van der Waals surface area contributed by atoms with Crippen LogP contribution in [0.4, 0.5) is 5.82 Å². The molecule has 1 aliphatic rings. The molecule has 138 valence electrons. The zero-order valence-corrected chi connectivity index (χ0v) is 17.2. The molecular formula is C20H20IN5O. The molecule has 1 aliphatic heterocycles. The standard InChI is InChI=1S/C20H20IN5O/c1-15-22-18(24-8-4-5-9-24)14-19(23-15)25-10-12-26(13-11-25)20(27)16-6-2-3-7-17(16)21/h2-9,14H,10-13H2,1H3. The average Bonchev–Trinajstić information content (AvgIpc) is 3.22. The molecule has 1 aromatic carbocycles. The molecule has 4 rings (SSSR count). The number of amides is 1. The Bertz CT molecular complexity index is 949. The van der Waals surface area contributed by atoms with Crippen LogP contribution in [-0.4, -0.2) is 51.5 Å². The molecule has 0 N–H and O–H groups in total. The zero-order chi connectivity index (χ0) is 18.8. The van der Waals surface area contributed by atoms with E-state index in [9.17, 15) is 4.79 Å². The second kappa shape index (κ2) is 7.67. The number of hydrogen-bond acceptors (Lipinski definition) is 4. The van der Waals surface area contributed by atoms with Crippen molar-refractivity contribution in [2.75, 3.05) is 31.1 Å². The van der Waals surface area contributed by atoms with Gasteiger partial charge in [-0.05, 0) is 53.8 Å². The van der Waals surface area contributed by atoms with Crippen molar-refractivity contribution >= 4 is 34.3 Å². The fourth-order valence-corrected chi connectivity index (χ4v) is 3.88. The second-order valence-electron chi connectivity index (χ2n) is 6.48. The molecule has 0 aliphatic carbocycles. The maximum atomic E-state index is 12.8. The SMILES string of the molecule is Cc1nc(N2CCN(C(=O)c3ccccc3I)CC2)cc(-n2cccc2)n1. The molecule has 0 unspecified atom stereocenters. The maximum absolute atomic E-state index is 12.8. The van der Waals surface area contributed by atoms with Gasteiger partial charge in [-0.15, -0.1) is 0 Å². The summed E-state index contributed by atoms with van der Waals surface area (Å²) in [5, 5.41) is 0. The molecule has 0 bridgehead atoms. The molecule has 27 heavy (non-hydrogen) atoms. The van der Waals surface area contributed by atoms with Crippen LogP contribution in [0.3, 0.4) is 0 Å². The Balaban J connectivity index is 1.48. The van der Waals surface area contributed by atoms with Crippen molar-refractivity contribution in [1.82, 2.24) is 19.4 Å². The number of carbonyl (C=O) groups is 1. The summed E-state index contributed by atoms with van der Waals surface area (Å²) in [6.45, 7) is 4.80. The second-order valence-corrected chi connectivity index (χ2v) is 7.64. The number of rotatable bonds is 3. The molecular weight excluding hydrogens is 453 g/mol. The lowest BCUT2D eigenvalue weighted by atomic mass is 10.2. The fraction of sp³-hybridized carbons (Fsp3) is 0.250. The number of hydrogen-bond donors (Lipinski definition) is 0. The fourth-order valence-electron chi connectivity index (χ4n) is 3.26. The van der Waals surface area contributed by atoms with E-state index < -0.39 is 0 Å². The third-order valence-corrected chi connectivity index (χ3v) is 5.62. The highest BCUT2D eigenvalue weighted by Crippen LogP contribution is 2.20. The monoisotopic (exact) mass is 473 g/mol. The number of aryl methyl sites for hydroxylation is 1. The van der Waals surface area contributed by atoms with E-state index in [0.717, 1.165) is 39.7 Å². The molecule has 3 aromatic rings. The van der Waals surface area contributed by atoms with Gasteiger partial charge < -0.3 is 14.4 Å². The van der Waals surface area contributed by atoms with E-state index in [-0.39, 0.29) is 5.91 Å². The number of halogens is 1. The van der Waals surface area contributed by atoms with Crippen LogP contribution in [-0.2, 0) is 0 Å². The molecule has 3 heterocycles. The predicted molar refractivity (Wildman–Crippen MR) is 113 cm³/mol. The van der Waals surface area contributed by atoms with Crippen molar-refractivity contribution in [2.45, 2.75) is 6.92 Å². The van der Waals surface area contributed by atoms with E-state index in [0.29, 0.717) is 13.1 Å². The Morgan fingerprint density at radius 2 is 1.63 bits per heavy atom. The van der Waals surface area contributed by atoms with Crippen molar-refractivity contribution in [2.24, 2.45) is 0 Å². The third-order valence-electron chi connectivity index (χ3n) is 4.68. The summed E-state index contributed by atoms with van der Waals surface area (Å²) in [5.74, 6) is 2.62. The average molecular weight is 473 g/mol. The van der Waals surface area contributed by atoms with E-state index in [1.807, 2.05) is 71.2 Å². The van der Waals surface area contributed by atoms with Crippen LogP contribution in [0.2, 0.25) is 0 Å². The summed E-state index contributed by atoms with van der Waals surface area (Å²) < 4.78 is 2.97. The minimum Gasteiger partial charge on any atom is -0.353 e. The topological polar surface area (TPSA) is 54.3 Å². The molecule has 2 aromatic heterocycles. The Morgan fingerprint density at radius 1 is 0.963 bits per heavy atom. The van der Waals surface area contributed by atoms with E-state index in [2.05, 4.69) is 37.5 Å². The van der Waals surface area contributed by atoms with E-state index in [4.69, 9.17) is 0 Å². The molecule has 6 nitrogen and oxygen atoms in total. The van der Waals surface area contributed by atoms with Crippen LogP contribution in [0.15, 0.2) is 54.9 Å². The van der Waals surface area contributed by atoms with Crippen LogP contribution in [0, 0.1) is 10.5 Å². The summed E-state index contributed by atoms with van der Waals surface area (Å²) in [4.78, 5) is 26.1. The van der Waals surface area contributed by atoms with E-state index >= 15 is 0 Å². The van der Waals surface area contributed by atoms with Crippen LogP contribution in [0.5, 0.6) is 0 Å². The first-order valence-corrected chi connectivity index (χ1v) is 9.97.